The first-order valence-electron chi connectivity index (χ1n) is 10.1. The predicted molar refractivity (Wildman–Crippen MR) is 122 cm³/mol. The molecule has 2 heterocycles. The number of methoxy groups -OCH3 is 2. The van der Waals surface area contributed by atoms with Gasteiger partial charge in [-0.2, -0.15) is 4.98 Å². The zero-order valence-electron chi connectivity index (χ0n) is 18.4. The Morgan fingerprint density at radius 3 is 2.61 bits per heavy atom. The smallest absolute Gasteiger partial charge is 0.259 e. The van der Waals surface area contributed by atoms with Crippen molar-refractivity contribution in [2.45, 2.75) is 13.5 Å². The zero-order chi connectivity index (χ0) is 23.4. The lowest BCUT2D eigenvalue weighted by atomic mass is 10.1. The van der Waals surface area contributed by atoms with Gasteiger partial charge in [-0.15, -0.1) is 0 Å². The topological polar surface area (TPSA) is 108 Å². The third-order valence-corrected chi connectivity index (χ3v) is 4.91. The Balaban J connectivity index is 1.52. The van der Waals surface area contributed by atoms with Gasteiger partial charge < -0.3 is 23.9 Å². The first kappa shape index (κ1) is 21.8. The lowest BCUT2D eigenvalue weighted by molar-refractivity contribution is -0.116. The van der Waals surface area contributed by atoms with E-state index in [2.05, 4.69) is 15.5 Å². The van der Waals surface area contributed by atoms with Gasteiger partial charge in [-0.05, 0) is 31.2 Å². The summed E-state index contributed by atoms with van der Waals surface area (Å²) in [5.74, 6) is 1.34. The number of hydrogen-bond acceptors (Lipinski definition) is 7. The van der Waals surface area contributed by atoms with Gasteiger partial charge in [0.2, 0.25) is 11.7 Å². The average molecular weight is 446 g/mol. The largest absolute Gasteiger partial charge is 0.493 e. The molecule has 0 fully saturated rings. The van der Waals surface area contributed by atoms with Crippen molar-refractivity contribution in [3.05, 3.63) is 76.7 Å². The lowest BCUT2D eigenvalue weighted by Gasteiger charge is -2.11. The summed E-state index contributed by atoms with van der Waals surface area (Å²) in [5, 5.41) is 6.78. The minimum absolute atomic E-state index is 0.195. The van der Waals surface area contributed by atoms with Gasteiger partial charge in [0.1, 0.15) is 6.54 Å². The standard InChI is InChI=1S/C24H22N4O5/c1-15-5-4-6-16(11-15)23-26-24(33-27-23)17-7-10-22(30)28(13-17)14-21(29)25-18-8-9-19(31-2)20(12-18)32-3/h4-13H,14H2,1-3H3,(H,25,29). The van der Waals surface area contributed by atoms with E-state index in [9.17, 15) is 9.59 Å². The lowest BCUT2D eigenvalue weighted by Crippen LogP contribution is -2.26. The second-order valence-corrected chi connectivity index (χ2v) is 7.29. The van der Waals surface area contributed by atoms with E-state index >= 15 is 0 Å². The van der Waals surface area contributed by atoms with Crippen molar-refractivity contribution in [3.8, 4) is 34.3 Å². The predicted octanol–water partition coefficient (Wildman–Crippen LogP) is 3.53. The Morgan fingerprint density at radius 1 is 1.03 bits per heavy atom. The van der Waals surface area contributed by atoms with Gasteiger partial charge in [-0.3, -0.25) is 9.59 Å². The molecule has 0 saturated carbocycles. The summed E-state index contributed by atoms with van der Waals surface area (Å²) in [6.07, 6.45) is 1.52. The number of aryl methyl sites for hydroxylation is 1. The fourth-order valence-corrected chi connectivity index (χ4v) is 3.29. The molecule has 1 N–H and O–H groups in total. The molecule has 2 aromatic carbocycles. The van der Waals surface area contributed by atoms with Crippen molar-refractivity contribution < 1.29 is 18.8 Å². The van der Waals surface area contributed by atoms with Crippen molar-refractivity contribution in [1.29, 1.82) is 0 Å². The molecule has 0 saturated heterocycles. The molecule has 33 heavy (non-hydrogen) atoms. The molecule has 0 unspecified atom stereocenters. The van der Waals surface area contributed by atoms with Crippen molar-refractivity contribution in [2.75, 3.05) is 19.5 Å². The molecule has 0 aliphatic carbocycles. The van der Waals surface area contributed by atoms with E-state index in [-0.39, 0.29) is 23.9 Å². The van der Waals surface area contributed by atoms with Crippen LogP contribution in [0.5, 0.6) is 11.5 Å². The Bertz CT molecular complexity index is 1360. The highest BCUT2D eigenvalue weighted by Crippen LogP contribution is 2.29. The molecular weight excluding hydrogens is 424 g/mol. The molecule has 0 spiro atoms. The summed E-state index contributed by atoms with van der Waals surface area (Å²) in [4.78, 5) is 29.3. The van der Waals surface area contributed by atoms with Crippen molar-refractivity contribution in [1.82, 2.24) is 14.7 Å². The zero-order valence-corrected chi connectivity index (χ0v) is 18.4. The fourth-order valence-electron chi connectivity index (χ4n) is 3.29. The summed E-state index contributed by atoms with van der Waals surface area (Å²) in [5.41, 5.74) is 2.61. The van der Waals surface area contributed by atoms with Crippen molar-refractivity contribution in [2.24, 2.45) is 0 Å². The van der Waals surface area contributed by atoms with E-state index in [1.165, 1.54) is 31.0 Å². The third-order valence-electron chi connectivity index (χ3n) is 4.91. The van der Waals surface area contributed by atoms with Crippen LogP contribution in [-0.4, -0.2) is 34.8 Å². The fraction of sp³-hybridized carbons (Fsp3) is 0.167. The van der Waals surface area contributed by atoms with Crippen LogP contribution >= 0.6 is 0 Å². The molecule has 2 aromatic heterocycles. The van der Waals surface area contributed by atoms with Gasteiger partial charge in [0.05, 0.1) is 19.8 Å². The van der Waals surface area contributed by atoms with Crippen molar-refractivity contribution in [3.63, 3.8) is 0 Å². The molecular formula is C24H22N4O5. The normalized spacial score (nSPS) is 10.6. The van der Waals surface area contributed by atoms with Gasteiger partial charge in [0.15, 0.2) is 11.5 Å². The van der Waals surface area contributed by atoms with Gasteiger partial charge in [-0.25, -0.2) is 0 Å². The number of pyridine rings is 1. The number of amides is 1. The summed E-state index contributed by atoms with van der Waals surface area (Å²) >= 11 is 0. The van der Waals surface area contributed by atoms with Crippen LogP contribution in [0.25, 0.3) is 22.8 Å². The van der Waals surface area contributed by atoms with E-state index in [0.29, 0.717) is 28.6 Å². The molecule has 0 radical (unpaired) electrons. The highest BCUT2D eigenvalue weighted by Gasteiger charge is 2.14. The second kappa shape index (κ2) is 9.39. The summed E-state index contributed by atoms with van der Waals surface area (Å²) in [6.45, 7) is 1.79. The Kier molecular flexibility index (Phi) is 6.21. The van der Waals surface area contributed by atoms with E-state index in [1.54, 1.807) is 24.3 Å². The van der Waals surface area contributed by atoms with E-state index in [4.69, 9.17) is 14.0 Å². The van der Waals surface area contributed by atoms with Gasteiger partial charge in [0.25, 0.3) is 11.4 Å². The molecule has 0 atom stereocenters. The van der Waals surface area contributed by atoms with Crippen LogP contribution < -0.4 is 20.3 Å². The Hall–Kier alpha value is -4.40. The molecule has 4 rings (SSSR count). The minimum Gasteiger partial charge on any atom is -0.493 e. The molecule has 1 amide bonds. The second-order valence-electron chi connectivity index (χ2n) is 7.29. The average Bonchev–Trinajstić information content (AvgIpc) is 3.31. The molecule has 9 nitrogen and oxygen atoms in total. The van der Waals surface area contributed by atoms with Crippen LogP contribution in [-0.2, 0) is 11.3 Å². The first-order chi connectivity index (χ1) is 16.0. The number of aromatic nitrogens is 3. The molecule has 0 aliphatic rings. The number of anilines is 1. The van der Waals surface area contributed by atoms with E-state index < -0.39 is 0 Å². The minimum atomic E-state index is -0.382. The van der Waals surface area contributed by atoms with Crippen LogP contribution in [0.2, 0.25) is 0 Å². The number of nitrogens with zero attached hydrogens (tertiary/aromatic N) is 3. The number of carbonyl (C=O) groups excluding carboxylic acids is 1. The van der Waals surface area contributed by atoms with Crippen LogP contribution in [0, 0.1) is 6.92 Å². The Labute approximate surface area is 189 Å². The van der Waals surface area contributed by atoms with Crippen LogP contribution in [0.1, 0.15) is 5.56 Å². The van der Waals surface area contributed by atoms with E-state index in [1.807, 2.05) is 31.2 Å². The maximum absolute atomic E-state index is 12.6. The summed E-state index contributed by atoms with van der Waals surface area (Å²) < 4.78 is 17.1. The molecule has 0 aliphatic heterocycles. The number of benzene rings is 2. The molecule has 0 bridgehead atoms. The Morgan fingerprint density at radius 2 is 1.85 bits per heavy atom. The van der Waals surface area contributed by atoms with Crippen LogP contribution in [0.15, 0.2) is 70.1 Å². The number of hydrogen-bond donors (Lipinski definition) is 1. The molecule has 4 aromatic rings. The SMILES string of the molecule is COc1ccc(NC(=O)Cn2cc(-c3nc(-c4cccc(C)c4)no3)ccc2=O)cc1OC. The highest BCUT2D eigenvalue weighted by molar-refractivity contribution is 5.91. The third kappa shape index (κ3) is 4.93. The number of carbonyl (C=O) groups is 1. The van der Waals surface area contributed by atoms with Gasteiger partial charge in [0, 0.05) is 29.6 Å². The number of ether oxygens (including phenoxy) is 2. The van der Waals surface area contributed by atoms with Gasteiger partial charge >= 0.3 is 0 Å². The van der Waals surface area contributed by atoms with Crippen LogP contribution in [0.4, 0.5) is 5.69 Å². The maximum Gasteiger partial charge on any atom is 0.259 e. The molecule has 9 heteroatoms. The summed E-state index contributed by atoms with van der Waals surface area (Å²) in [7, 11) is 3.04. The van der Waals surface area contributed by atoms with Crippen LogP contribution in [0.3, 0.4) is 0 Å². The quantitative estimate of drug-likeness (QED) is 0.463. The molecule has 168 valence electrons. The number of nitrogens with one attached hydrogen (secondary N) is 1. The summed E-state index contributed by atoms with van der Waals surface area (Å²) in [6, 6.07) is 15.7. The van der Waals surface area contributed by atoms with Gasteiger partial charge in [-0.1, -0.05) is 28.9 Å². The van der Waals surface area contributed by atoms with E-state index in [0.717, 1.165) is 11.1 Å². The first-order valence-corrected chi connectivity index (χ1v) is 10.1. The monoisotopic (exact) mass is 446 g/mol. The maximum atomic E-state index is 12.6. The highest BCUT2D eigenvalue weighted by atomic mass is 16.5. The number of rotatable bonds is 7. The van der Waals surface area contributed by atoms with Crippen molar-refractivity contribution >= 4 is 11.6 Å².